The minimum atomic E-state index is -3.49. The first-order chi connectivity index (χ1) is 15.9. The number of sulfonamides is 1. The van der Waals surface area contributed by atoms with E-state index in [1.54, 1.807) is 30.5 Å². The number of pyridine rings is 1. The number of nitrogens with zero attached hydrogens (tertiary/aromatic N) is 4. The summed E-state index contributed by atoms with van der Waals surface area (Å²) in [6.45, 7) is 5.37. The molecule has 8 nitrogen and oxygen atoms in total. The molecule has 174 valence electrons. The number of piperidine rings is 1. The summed E-state index contributed by atoms with van der Waals surface area (Å²) in [5, 5.41) is 3.25. The molecule has 1 amide bonds. The highest BCUT2D eigenvalue weighted by molar-refractivity contribution is 7.89. The van der Waals surface area contributed by atoms with Gasteiger partial charge >= 0.3 is 0 Å². The minimum Gasteiger partial charge on any atom is -0.357 e. The van der Waals surface area contributed by atoms with E-state index in [2.05, 4.69) is 27.1 Å². The molecule has 0 saturated carbocycles. The molecule has 0 bridgehead atoms. The second-order valence-electron chi connectivity index (χ2n) is 8.79. The minimum absolute atomic E-state index is 0.269. The molecule has 2 aromatic heterocycles. The third-order valence-corrected chi connectivity index (χ3v) is 9.23. The molecule has 0 spiro atoms. The first-order valence-corrected chi connectivity index (χ1v) is 13.6. The third kappa shape index (κ3) is 4.60. The van der Waals surface area contributed by atoms with E-state index in [9.17, 15) is 13.2 Å². The number of hydrogen-bond acceptors (Lipinski definition) is 7. The van der Waals surface area contributed by atoms with Gasteiger partial charge in [0.1, 0.15) is 5.82 Å². The Morgan fingerprint density at radius 3 is 2.55 bits per heavy atom. The van der Waals surface area contributed by atoms with E-state index < -0.39 is 10.0 Å². The van der Waals surface area contributed by atoms with Gasteiger partial charge in [0.25, 0.3) is 5.91 Å². The van der Waals surface area contributed by atoms with Gasteiger partial charge in [-0.05, 0) is 61.9 Å². The van der Waals surface area contributed by atoms with Gasteiger partial charge in [-0.1, -0.05) is 18.3 Å². The number of thiazole rings is 1. The van der Waals surface area contributed by atoms with Crippen molar-refractivity contribution in [1.82, 2.24) is 14.3 Å². The normalized spacial score (nSPS) is 18.2. The molecular formula is C23H27N5O3S2. The maximum Gasteiger partial charge on any atom is 0.259 e. The predicted molar refractivity (Wildman–Crippen MR) is 130 cm³/mol. The fourth-order valence-electron chi connectivity index (χ4n) is 4.31. The Hall–Kier alpha value is -2.56. The lowest BCUT2D eigenvalue weighted by molar-refractivity contribution is 0.102. The molecule has 4 heterocycles. The van der Waals surface area contributed by atoms with Crippen molar-refractivity contribution in [2.75, 3.05) is 36.4 Å². The van der Waals surface area contributed by atoms with Crippen molar-refractivity contribution >= 4 is 48.4 Å². The lowest BCUT2D eigenvalue weighted by atomic mass is 9.99. The summed E-state index contributed by atoms with van der Waals surface area (Å²) >= 11 is 1.26. The first kappa shape index (κ1) is 22.2. The van der Waals surface area contributed by atoms with Crippen molar-refractivity contribution in [2.45, 2.75) is 37.5 Å². The number of benzene rings is 1. The summed E-state index contributed by atoms with van der Waals surface area (Å²) in [4.78, 5) is 24.2. The molecule has 0 radical (unpaired) electrons. The number of carbonyl (C=O) groups excluding carboxylic acids is 1. The summed E-state index contributed by atoms with van der Waals surface area (Å²) < 4.78 is 27.9. The van der Waals surface area contributed by atoms with E-state index in [1.807, 2.05) is 6.07 Å². The average molecular weight is 486 g/mol. The van der Waals surface area contributed by atoms with Gasteiger partial charge in [0.05, 0.1) is 20.7 Å². The van der Waals surface area contributed by atoms with Crippen LogP contribution in [0.2, 0.25) is 0 Å². The molecule has 5 rings (SSSR count). The van der Waals surface area contributed by atoms with E-state index in [0.29, 0.717) is 29.3 Å². The Kier molecular flexibility index (Phi) is 6.07. The number of aromatic nitrogens is 2. The van der Waals surface area contributed by atoms with Gasteiger partial charge in [-0.2, -0.15) is 4.31 Å². The van der Waals surface area contributed by atoms with Gasteiger partial charge in [-0.3, -0.25) is 10.1 Å². The highest BCUT2D eigenvalue weighted by atomic mass is 32.2. The Morgan fingerprint density at radius 1 is 1.09 bits per heavy atom. The Bertz CT molecular complexity index is 1260. The Balaban J connectivity index is 1.29. The second-order valence-corrected chi connectivity index (χ2v) is 11.8. The first-order valence-electron chi connectivity index (χ1n) is 11.3. The molecule has 1 N–H and O–H groups in total. The van der Waals surface area contributed by atoms with Crippen molar-refractivity contribution in [3.05, 3.63) is 42.1 Å². The Morgan fingerprint density at radius 2 is 1.85 bits per heavy atom. The maximum absolute atomic E-state index is 12.8. The largest absolute Gasteiger partial charge is 0.357 e. The summed E-state index contributed by atoms with van der Waals surface area (Å²) in [6.07, 6.45) is 5.69. The lowest BCUT2D eigenvalue weighted by Gasteiger charge is -2.31. The second kappa shape index (κ2) is 9.00. The molecular weight excluding hydrogens is 458 g/mol. The molecule has 0 unspecified atom stereocenters. The van der Waals surface area contributed by atoms with Crippen LogP contribution in [0, 0.1) is 5.92 Å². The van der Waals surface area contributed by atoms with Crippen LogP contribution in [0.25, 0.3) is 10.2 Å². The van der Waals surface area contributed by atoms with Crippen molar-refractivity contribution in [3.8, 4) is 0 Å². The zero-order valence-electron chi connectivity index (χ0n) is 18.5. The number of nitrogens with one attached hydrogen (secondary N) is 1. The molecule has 2 aliphatic rings. The molecule has 0 atom stereocenters. The highest BCUT2D eigenvalue weighted by Gasteiger charge is 2.27. The van der Waals surface area contributed by atoms with E-state index in [-0.39, 0.29) is 10.8 Å². The van der Waals surface area contributed by atoms with Crippen LogP contribution in [0.15, 0.2) is 41.4 Å². The van der Waals surface area contributed by atoms with Gasteiger partial charge in [0.15, 0.2) is 5.13 Å². The van der Waals surface area contributed by atoms with Crippen molar-refractivity contribution < 1.29 is 13.2 Å². The SMILES string of the molecule is CC1CCN(c2ccc(C(=O)Nc3nc4ccc(S(=O)(=O)N5CCCC5)cc4s3)cn2)CC1. The summed E-state index contributed by atoms with van der Waals surface area (Å²) in [6, 6.07) is 8.60. The van der Waals surface area contributed by atoms with Gasteiger partial charge in [-0.15, -0.1) is 0 Å². The zero-order valence-corrected chi connectivity index (χ0v) is 20.2. The fourth-order valence-corrected chi connectivity index (χ4v) is 6.83. The van der Waals surface area contributed by atoms with E-state index in [4.69, 9.17) is 0 Å². The maximum atomic E-state index is 12.8. The molecule has 33 heavy (non-hydrogen) atoms. The Labute approximate surface area is 197 Å². The average Bonchev–Trinajstić information content (AvgIpc) is 3.49. The van der Waals surface area contributed by atoms with Crippen LogP contribution < -0.4 is 10.2 Å². The lowest BCUT2D eigenvalue weighted by Crippen LogP contribution is -2.33. The van der Waals surface area contributed by atoms with Gasteiger partial charge in [-0.25, -0.2) is 18.4 Å². The third-order valence-electron chi connectivity index (χ3n) is 6.40. The predicted octanol–water partition coefficient (Wildman–Crippen LogP) is 3.96. The molecule has 2 fully saturated rings. The van der Waals surface area contributed by atoms with E-state index >= 15 is 0 Å². The van der Waals surface area contributed by atoms with Crippen LogP contribution in [0.4, 0.5) is 10.9 Å². The smallest absolute Gasteiger partial charge is 0.259 e. The fraction of sp³-hybridized carbons (Fsp3) is 0.435. The van der Waals surface area contributed by atoms with E-state index in [0.717, 1.165) is 55.2 Å². The molecule has 10 heteroatoms. The monoisotopic (exact) mass is 485 g/mol. The molecule has 2 saturated heterocycles. The van der Waals surface area contributed by atoms with Crippen molar-refractivity contribution in [1.29, 1.82) is 0 Å². The number of rotatable bonds is 5. The number of anilines is 2. The van der Waals surface area contributed by atoms with Gasteiger partial charge in [0, 0.05) is 32.4 Å². The zero-order chi connectivity index (χ0) is 23.0. The number of hydrogen-bond donors (Lipinski definition) is 1. The van der Waals surface area contributed by atoms with Crippen LogP contribution in [0.5, 0.6) is 0 Å². The van der Waals surface area contributed by atoms with Crippen molar-refractivity contribution in [3.63, 3.8) is 0 Å². The summed E-state index contributed by atoms with van der Waals surface area (Å²) in [5.74, 6) is 1.35. The molecule has 3 aromatic rings. The van der Waals surface area contributed by atoms with Crippen LogP contribution in [0.1, 0.15) is 43.0 Å². The van der Waals surface area contributed by atoms with Gasteiger partial charge in [0.2, 0.25) is 10.0 Å². The summed E-state index contributed by atoms with van der Waals surface area (Å²) in [5.41, 5.74) is 1.11. The van der Waals surface area contributed by atoms with Crippen LogP contribution in [0.3, 0.4) is 0 Å². The van der Waals surface area contributed by atoms with E-state index in [1.165, 1.54) is 15.6 Å². The number of amides is 1. The van der Waals surface area contributed by atoms with Crippen molar-refractivity contribution in [2.24, 2.45) is 5.92 Å². The topological polar surface area (TPSA) is 95.5 Å². The number of carbonyl (C=O) groups is 1. The number of fused-ring (bicyclic) bond motifs is 1. The van der Waals surface area contributed by atoms with Crippen LogP contribution in [-0.4, -0.2) is 54.8 Å². The molecule has 0 aliphatic carbocycles. The standard InChI is InChI=1S/C23H27N5O3S2/c1-16-8-12-27(13-9-16)21-7-4-17(15-24-21)22(29)26-23-25-19-6-5-18(14-20(19)32-23)33(30,31)28-10-2-3-11-28/h4-7,14-16H,2-3,8-13H2,1H3,(H,25,26,29). The van der Waals surface area contributed by atoms with Gasteiger partial charge < -0.3 is 4.90 Å². The van der Waals surface area contributed by atoms with Crippen LogP contribution in [-0.2, 0) is 10.0 Å². The summed E-state index contributed by atoms with van der Waals surface area (Å²) in [7, 11) is -3.49. The molecule has 2 aliphatic heterocycles. The highest BCUT2D eigenvalue weighted by Crippen LogP contribution is 2.30. The van der Waals surface area contributed by atoms with Crippen LogP contribution >= 0.6 is 11.3 Å². The quantitative estimate of drug-likeness (QED) is 0.588. The molecule has 1 aromatic carbocycles.